The monoisotopic (exact) mass is 289 g/mol. The van der Waals surface area contributed by atoms with Crippen LogP contribution in [-0.2, 0) is 24.3 Å². The first-order valence-corrected chi connectivity index (χ1v) is 7.91. The third-order valence-electron chi connectivity index (χ3n) is 3.72. The fraction of sp³-hybridized carbons (Fsp3) is 0.556. The molecule has 116 valence electrons. The predicted octanol–water partition coefficient (Wildman–Crippen LogP) is 4.42. The second-order valence-corrected chi connectivity index (χ2v) is 5.91. The summed E-state index contributed by atoms with van der Waals surface area (Å²) >= 11 is 0. The molecular weight excluding hydrogens is 262 g/mol. The molecule has 1 aromatic heterocycles. The summed E-state index contributed by atoms with van der Waals surface area (Å²) in [6.07, 6.45) is 3.58. The molecule has 1 N–H and O–H groups in total. The van der Waals surface area contributed by atoms with E-state index in [4.69, 9.17) is 9.15 Å². The van der Waals surface area contributed by atoms with Crippen LogP contribution in [0.2, 0.25) is 0 Å². The van der Waals surface area contributed by atoms with Gasteiger partial charge in [-0.15, -0.1) is 0 Å². The Morgan fingerprint density at radius 3 is 2.76 bits per heavy atom. The van der Waals surface area contributed by atoms with Crippen LogP contribution < -0.4 is 5.32 Å². The minimum atomic E-state index is 0.439. The highest BCUT2D eigenvalue weighted by molar-refractivity contribution is 5.83. The van der Waals surface area contributed by atoms with E-state index in [1.807, 2.05) is 0 Å². The van der Waals surface area contributed by atoms with Gasteiger partial charge in [-0.05, 0) is 30.5 Å². The van der Waals surface area contributed by atoms with Crippen LogP contribution >= 0.6 is 0 Å². The molecule has 0 aliphatic carbocycles. The molecule has 0 bridgehead atoms. The van der Waals surface area contributed by atoms with E-state index in [0.717, 1.165) is 24.3 Å². The highest BCUT2D eigenvalue weighted by Crippen LogP contribution is 2.28. The van der Waals surface area contributed by atoms with Crippen LogP contribution in [0.1, 0.15) is 50.5 Å². The van der Waals surface area contributed by atoms with Gasteiger partial charge < -0.3 is 14.5 Å². The molecular formula is C18H27NO2. The summed E-state index contributed by atoms with van der Waals surface area (Å²) in [4.78, 5) is 0. The summed E-state index contributed by atoms with van der Waals surface area (Å²) < 4.78 is 11.4. The van der Waals surface area contributed by atoms with Crippen molar-refractivity contribution < 1.29 is 9.15 Å². The number of hydrogen-bond donors (Lipinski definition) is 1. The van der Waals surface area contributed by atoms with Crippen molar-refractivity contribution >= 4 is 11.0 Å². The van der Waals surface area contributed by atoms with E-state index < -0.39 is 0 Å². The number of aryl methyl sites for hydroxylation is 1. The van der Waals surface area contributed by atoms with E-state index in [1.54, 1.807) is 7.11 Å². The Hall–Kier alpha value is -1.32. The van der Waals surface area contributed by atoms with Gasteiger partial charge in [0.25, 0.3) is 0 Å². The van der Waals surface area contributed by atoms with Gasteiger partial charge in [-0.3, -0.25) is 0 Å². The number of hydrogen-bond acceptors (Lipinski definition) is 3. The summed E-state index contributed by atoms with van der Waals surface area (Å²) in [6, 6.07) is 6.98. The summed E-state index contributed by atoms with van der Waals surface area (Å²) in [5.74, 6) is 0.994. The quantitative estimate of drug-likeness (QED) is 0.781. The van der Waals surface area contributed by atoms with Gasteiger partial charge in [-0.25, -0.2) is 0 Å². The maximum Gasteiger partial charge on any atom is 0.134 e. The molecule has 0 saturated carbocycles. The summed E-state index contributed by atoms with van der Waals surface area (Å²) in [5.41, 5.74) is 3.52. The van der Waals surface area contributed by atoms with Crippen molar-refractivity contribution in [3.63, 3.8) is 0 Å². The molecule has 0 aliphatic heterocycles. The minimum Gasteiger partial charge on any atom is -0.459 e. The van der Waals surface area contributed by atoms with Crippen molar-refractivity contribution in [2.24, 2.45) is 0 Å². The van der Waals surface area contributed by atoms with Gasteiger partial charge >= 0.3 is 0 Å². The first-order valence-electron chi connectivity index (χ1n) is 7.91. The lowest BCUT2D eigenvalue weighted by atomic mass is 10.0. The molecule has 3 heteroatoms. The van der Waals surface area contributed by atoms with Gasteiger partial charge in [-0.2, -0.15) is 0 Å². The number of furan rings is 1. The fourth-order valence-corrected chi connectivity index (χ4v) is 2.53. The van der Waals surface area contributed by atoms with Gasteiger partial charge in [0.15, 0.2) is 0 Å². The second-order valence-electron chi connectivity index (χ2n) is 5.91. The number of ether oxygens (including phenoxy) is 1. The summed E-state index contributed by atoms with van der Waals surface area (Å²) in [5, 5.41) is 4.62. The SMILES string of the molecule is CCCCc1ccc2oc(CNC(C)C)c(COC)c2c1. The van der Waals surface area contributed by atoms with Gasteiger partial charge in [0, 0.05) is 24.1 Å². The van der Waals surface area contributed by atoms with E-state index in [0.29, 0.717) is 12.6 Å². The molecule has 0 aliphatic rings. The minimum absolute atomic E-state index is 0.439. The number of methoxy groups -OCH3 is 1. The lowest BCUT2D eigenvalue weighted by molar-refractivity contribution is 0.183. The number of nitrogens with one attached hydrogen (secondary N) is 1. The topological polar surface area (TPSA) is 34.4 Å². The zero-order valence-electron chi connectivity index (χ0n) is 13.7. The van der Waals surface area contributed by atoms with E-state index in [9.17, 15) is 0 Å². The van der Waals surface area contributed by atoms with Crippen LogP contribution in [0, 0.1) is 0 Å². The van der Waals surface area contributed by atoms with Crippen LogP contribution in [0.4, 0.5) is 0 Å². The lowest BCUT2D eigenvalue weighted by Gasteiger charge is -2.07. The Balaban J connectivity index is 2.33. The zero-order valence-corrected chi connectivity index (χ0v) is 13.7. The molecule has 0 fully saturated rings. The molecule has 2 aromatic rings. The molecule has 2 rings (SSSR count). The first kappa shape index (κ1) is 16.1. The second kappa shape index (κ2) is 7.62. The van der Waals surface area contributed by atoms with Crippen molar-refractivity contribution in [1.29, 1.82) is 0 Å². The molecule has 0 amide bonds. The van der Waals surface area contributed by atoms with Crippen LogP contribution in [0.3, 0.4) is 0 Å². The van der Waals surface area contributed by atoms with Gasteiger partial charge in [0.05, 0.1) is 13.2 Å². The van der Waals surface area contributed by atoms with Crippen LogP contribution in [0.25, 0.3) is 11.0 Å². The van der Waals surface area contributed by atoms with E-state index in [-0.39, 0.29) is 0 Å². The molecule has 0 unspecified atom stereocenters. The van der Waals surface area contributed by atoms with Crippen molar-refractivity contribution in [2.45, 2.75) is 59.2 Å². The van der Waals surface area contributed by atoms with Crippen molar-refractivity contribution in [2.75, 3.05) is 7.11 Å². The Labute approximate surface area is 127 Å². The third kappa shape index (κ3) is 4.08. The van der Waals surface area contributed by atoms with Gasteiger partial charge in [-0.1, -0.05) is 33.3 Å². The smallest absolute Gasteiger partial charge is 0.134 e. The Morgan fingerprint density at radius 1 is 1.29 bits per heavy atom. The Bertz CT molecular complexity index is 572. The number of unbranched alkanes of at least 4 members (excludes halogenated alkanes) is 1. The fourth-order valence-electron chi connectivity index (χ4n) is 2.53. The molecule has 1 aromatic carbocycles. The molecule has 0 saturated heterocycles. The van der Waals surface area contributed by atoms with Crippen LogP contribution in [-0.4, -0.2) is 13.2 Å². The zero-order chi connectivity index (χ0) is 15.2. The molecule has 1 heterocycles. The van der Waals surface area contributed by atoms with E-state index in [1.165, 1.54) is 29.4 Å². The highest BCUT2D eigenvalue weighted by atomic mass is 16.5. The van der Waals surface area contributed by atoms with E-state index >= 15 is 0 Å². The largest absolute Gasteiger partial charge is 0.459 e. The molecule has 21 heavy (non-hydrogen) atoms. The molecule has 0 atom stereocenters. The predicted molar refractivity (Wildman–Crippen MR) is 87.5 cm³/mol. The normalized spacial score (nSPS) is 11.7. The summed E-state index contributed by atoms with van der Waals surface area (Å²) in [7, 11) is 1.74. The van der Waals surface area contributed by atoms with E-state index in [2.05, 4.69) is 44.3 Å². The average molecular weight is 289 g/mol. The molecule has 3 nitrogen and oxygen atoms in total. The van der Waals surface area contributed by atoms with Crippen molar-refractivity contribution in [3.05, 3.63) is 35.1 Å². The van der Waals surface area contributed by atoms with Crippen molar-refractivity contribution in [3.8, 4) is 0 Å². The third-order valence-corrected chi connectivity index (χ3v) is 3.72. The molecule has 0 radical (unpaired) electrons. The molecule has 0 spiro atoms. The maximum absolute atomic E-state index is 6.02. The highest BCUT2D eigenvalue weighted by Gasteiger charge is 2.14. The average Bonchev–Trinajstić information content (AvgIpc) is 2.81. The van der Waals surface area contributed by atoms with Gasteiger partial charge in [0.1, 0.15) is 11.3 Å². The number of fused-ring (bicyclic) bond motifs is 1. The van der Waals surface area contributed by atoms with Crippen LogP contribution in [0.5, 0.6) is 0 Å². The number of benzene rings is 1. The number of rotatable bonds is 8. The Morgan fingerprint density at radius 2 is 2.10 bits per heavy atom. The lowest BCUT2D eigenvalue weighted by Crippen LogP contribution is -2.22. The van der Waals surface area contributed by atoms with Crippen molar-refractivity contribution in [1.82, 2.24) is 5.32 Å². The Kier molecular flexibility index (Phi) is 5.83. The maximum atomic E-state index is 6.02. The first-order chi connectivity index (χ1) is 10.2. The van der Waals surface area contributed by atoms with Gasteiger partial charge in [0.2, 0.25) is 0 Å². The summed E-state index contributed by atoms with van der Waals surface area (Å²) in [6.45, 7) is 7.85. The standard InChI is InChI=1S/C18H27NO2/c1-5-6-7-14-8-9-17-15(10-14)16(12-20-4)18(21-17)11-19-13(2)3/h8-10,13,19H,5-7,11-12H2,1-4H3. The van der Waals surface area contributed by atoms with Crippen LogP contribution in [0.15, 0.2) is 22.6 Å².